The smallest absolute Gasteiger partial charge is 0.309 e. The zero-order chi connectivity index (χ0) is 17.3. The minimum absolute atomic E-state index is 0.124. The van der Waals surface area contributed by atoms with Gasteiger partial charge in [-0.05, 0) is 41.5 Å². The molecule has 0 bridgehead atoms. The van der Waals surface area contributed by atoms with Crippen molar-refractivity contribution in [3.05, 3.63) is 0 Å². The number of carbonyl (C=O) groups excluding carboxylic acids is 3. The van der Waals surface area contributed by atoms with Gasteiger partial charge in [0.15, 0.2) is 0 Å². The van der Waals surface area contributed by atoms with E-state index >= 15 is 0 Å². The van der Waals surface area contributed by atoms with Crippen molar-refractivity contribution in [1.82, 2.24) is 0 Å². The van der Waals surface area contributed by atoms with E-state index in [-0.39, 0.29) is 52.1 Å². The van der Waals surface area contributed by atoms with Crippen LogP contribution in [0.5, 0.6) is 0 Å². The molecule has 6 nitrogen and oxygen atoms in total. The van der Waals surface area contributed by atoms with Crippen LogP contribution in [0.3, 0.4) is 0 Å². The van der Waals surface area contributed by atoms with E-state index in [2.05, 4.69) is 0 Å². The Morgan fingerprint density at radius 2 is 0.864 bits per heavy atom. The van der Waals surface area contributed by atoms with E-state index in [9.17, 15) is 14.4 Å². The summed E-state index contributed by atoms with van der Waals surface area (Å²) in [5, 5.41) is 0.371. The highest BCUT2D eigenvalue weighted by Gasteiger charge is 2.30. The Hall–Kier alpha value is -1.06. The highest BCUT2D eigenvalue weighted by atomic mass is 27.2. The first-order valence-electron chi connectivity index (χ1n) is 7.68. The Labute approximate surface area is 136 Å². The summed E-state index contributed by atoms with van der Waals surface area (Å²) in [7, 11) is 0. The van der Waals surface area contributed by atoms with Gasteiger partial charge in [-0.15, -0.1) is 0 Å². The van der Waals surface area contributed by atoms with Gasteiger partial charge in [0.25, 0.3) is 17.9 Å². The number of ether oxygens (including phenoxy) is 3. The fraction of sp³-hybridized carbons (Fsp3) is 0.800. The molecule has 0 aromatic rings. The average molecular weight is 330 g/mol. The molecular weight excluding hydrogens is 303 g/mol. The second kappa shape index (κ2) is 10.6. The maximum Gasteiger partial charge on any atom is 0.309 e. The highest BCUT2D eigenvalue weighted by Crippen LogP contribution is 2.12. The molecule has 22 heavy (non-hydrogen) atoms. The SMILES string of the molecule is CC(C)OC(=O)[CH2][Al]([CH2]C(=O)OC(C)C)[CH2]C(=O)OC(C)C. The molecule has 0 atom stereocenters. The first-order chi connectivity index (χ1) is 10.1. The number of hydrogen-bond acceptors (Lipinski definition) is 6. The van der Waals surface area contributed by atoms with Crippen LogP contribution >= 0.6 is 0 Å². The summed E-state index contributed by atoms with van der Waals surface area (Å²) < 4.78 is 15.3. The van der Waals surface area contributed by atoms with Crippen LogP contribution in [0.1, 0.15) is 41.5 Å². The summed E-state index contributed by atoms with van der Waals surface area (Å²) in [6, 6.07) is 0. The van der Waals surface area contributed by atoms with Crippen molar-refractivity contribution in [2.24, 2.45) is 0 Å². The molecule has 0 aromatic carbocycles. The second-order valence-corrected chi connectivity index (χ2v) is 9.05. The van der Waals surface area contributed by atoms with E-state index in [4.69, 9.17) is 14.2 Å². The summed E-state index contributed by atoms with van der Waals surface area (Å²) in [6.07, 6.45) is -0.646. The van der Waals surface area contributed by atoms with Crippen LogP contribution in [0.15, 0.2) is 0 Å². The quantitative estimate of drug-likeness (QED) is 0.367. The van der Waals surface area contributed by atoms with Gasteiger partial charge in [0.1, 0.15) is 0 Å². The summed E-state index contributed by atoms with van der Waals surface area (Å²) in [5.74, 6) is -1.12. The van der Waals surface area contributed by atoms with Gasteiger partial charge in [0, 0.05) is 15.8 Å². The fourth-order valence-corrected chi connectivity index (χ4v) is 3.99. The monoisotopic (exact) mass is 330 g/mol. The zero-order valence-electron chi connectivity index (χ0n) is 14.4. The third-order valence-electron chi connectivity index (χ3n) is 2.47. The van der Waals surface area contributed by atoms with Crippen LogP contribution in [0.2, 0.25) is 15.8 Å². The lowest BCUT2D eigenvalue weighted by molar-refractivity contribution is -0.144. The molecule has 0 saturated carbocycles. The van der Waals surface area contributed by atoms with Crippen LogP contribution in [-0.4, -0.2) is 50.4 Å². The lowest BCUT2D eigenvalue weighted by atomic mass is 10.5. The van der Waals surface area contributed by atoms with Crippen molar-refractivity contribution in [1.29, 1.82) is 0 Å². The molecule has 0 rings (SSSR count). The summed E-state index contributed by atoms with van der Waals surface area (Å²) in [5.41, 5.74) is 0. The fourth-order valence-electron chi connectivity index (χ4n) is 1.86. The summed E-state index contributed by atoms with van der Waals surface area (Å²) >= 11 is -2.01. The van der Waals surface area contributed by atoms with Crippen LogP contribution < -0.4 is 0 Å². The molecule has 0 amide bonds. The molecule has 0 aliphatic rings. The van der Waals surface area contributed by atoms with Crippen molar-refractivity contribution in [3.63, 3.8) is 0 Å². The molecule has 0 aliphatic heterocycles. The van der Waals surface area contributed by atoms with Gasteiger partial charge in [-0.25, -0.2) is 0 Å². The van der Waals surface area contributed by atoms with E-state index in [1.54, 1.807) is 41.5 Å². The van der Waals surface area contributed by atoms with E-state index in [1.165, 1.54) is 0 Å². The largest absolute Gasteiger partial charge is 0.464 e. The van der Waals surface area contributed by atoms with Crippen molar-refractivity contribution >= 4 is 32.1 Å². The zero-order valence-corrected chi connectivity index (χ0v) is 15.5. The van der Waals surface area contributed by atoms with Crippen LogP contribution in [0.4, 0.5) is 0 Å². The van der Waals surface area contributed by atoms with Gasteiger partial charge in [-0.3, -0.25) is 14.4 Å². The Bertz CT molecular complexity index is 321. The highest BCUT2D eigenvalue weighted by molar-refractivity contribution is 6.68. The molecule has 0 spiro atoms. The Morgan fingerprint density at radius 3 is 1.05 bits per heavy atom. The minimum Gasteiger partial charge on any atom is -0.464 e. The van der Waals surface area contributed by atoms with Gasteiger partial charge >= 0.3 is 14.1 Å². The molecule has 0 radical (unpaired) electrons. The van der Waals surface area contributed by atoms with Crippen LogP contribution in [0.25, 0.3) is 0 Å². The Balaban J connectivity index is 4.64. The minimum atomic E-state index is -2.01. The molecular formula is C15H27AlO6. The Kier molecular flexibility index (Phi) is 10.1. The number of rotatable bonds is 9. The molecule has 0 aromatic heterocycles. The average Bonchev–Trinajstić information content (AvgIpc) is 2.23. The maximum atomic E-state index is 11.8. The standard InChI is InChI=1S/3C5H9O2.Al/c3*1-4(2)7-5(3)6;/h3*4H,3H2,1-2H3;. The van der Waals surface area contributed by atoms with Crippen molar-refractivity contribution < 1.29 is 28.6 Å². The molecule has 0 N–H and O–H groups in total. The third kappa shape index (κ3) is 11.6. The Morgan fingerprint density at radius 1 is 0.636 bits per heavy atom. The van der Waals surface area contributed by atoms with Crippen molar-refractivity contribution in [3.8, 4) is 0 Å². The second-order valence-electron chi connectivity index (χ2n) is 6.09. The first-order valence-corrected chi connectivity index (χ1v) is 10.1. The van der Waals surface area contributed by atoms with Gasteiger partial charge in [0.2, 0.25) is 0 Å². The van der Waals surface area contributed by atoms with Crippen molar-refractivity contribution in [2.45, 2.75) is 75.7 Å². The molecule has 0 saturated heterocycles. The van der Waals surface area contributed by atoms with E-state index in [0.29, 0.717) is 0 Å². The van der Waals surface area contributed by atoms with E-state index < -0.39 is 14.1 Å². The van der Waals surface area contributed by atoms with Gasteiger partial charge in [0.05, 0.1) is 18.3 Å². The molecule has 126 valence electrons. The summed E-state index contributed by atoms with van der Waals surface area (Å²) in [6.45, 7) is 10.6. The predicted molar refractivity (Wildman–Crippen MR) is 83.9 cm³/mol. The van der Waals surface area contributed by atoms with Crippen LogP contribution in [-0.2, 0) is 28.6 Å². The number of esters is 3. The van der Waals surface area contributed by atoms with Crippen molar-refractivity contribution in [2.75, 3.05) is 0 Å². The lowest BCUT2D eigenvalue weighted by Crippen LogP contribution is -2.29. The number of hydrogen-bond donors (Lipinski definition) is 0. The topological polar surface area (TPSA) is 78.9 Å². The van der Waals surface area contributed by atoms with Crippen LogP contribution in [0, 0.1) is 0 Å². The van der Waals surface area contributed by atoms with E-state index in [1.807, 2.05) is 0 Å². The third-order valence-corrected chi connectivity index (χ3v) is 5.20. The lowest BCUT2D eigenvalue weighted by Gasteiger charge is -2.14. The molecule has 0 heterocycles. The first kappa shape index (κ1) is 20.9. The molecule has 0 unspecified atom stereocenters. The number of carbonyl (C=O) groups is 3. The van der Waals surface area contributed by atoms with Gasteiger partial charge in [-0.1, -0.05) is 0 Å². The maximum absolute atomic E-state index is 11.8. The molecule has 7 heteroatoms. The van der Waals surface area contributed by atoms with Gasteiger partial charge < -0.3 is 14.2 Å². The molecule has 0 fully saturated rings. The van der Waals surface area contributed by atoms with Gasteiger partial charge in [-0.2, -0.15) is 0 Å². The van der Waals surface area contributed by atoms with E-state index in [0.717, 1.165) is 0 Å². The molecule has 0 aliphatic carbocycles. The normalized spacial score (nSPS) is 10.8. The summed E-state index contributed by atoms with van der Waals surface area (Å²) in [4.78, 5) is 35.3. The predicted octanol–water partition coefficient (Wildman–Crippen LogP) is 2.34.